The number of fused-ring (bicyclic) bond motifs is 1. The summed E-state index contributed by atoms with van der Waals surface area (Å²) < 4.78 is 2.01. The largest absolute Gasteiger partial charge is 0.481 e. The van der Waals surface area contributed by atoms with Crippen molar-refractivity contribution in [2.24, 2.45) is 7.05 Å². The molecule has 0 atom stereocenters. The van der Waals surface area contributed by atoms with Crippen molar-refractivity contribution in [2.75, 3.05) is 0 Å². The molecule has 0 aliphatic carbocycles. The predicted octanol–water partition coefficient (Wildman–Crippen LogP) is 1.66. The van der Waals surface area contributed by atoms with E-state index < -0.39 is 5.97 Å². The number of amides is 1. The molecule has 0 aliphatic heterocycles. The van der Waals surface area contributed by atoms with Crippen LogP contribution in [0.25, 0.3) is 10.9 Å². The van der Waals surface area contributed by atoms with Crippen LogP contribution in [0.3, 0.4) is 0 Å². The Morgan fingerprint density at radius 3 is 2.74 bits per heavy atom. The zero-order valence-electron chi connectivity index (χ0n) is 10.7. The van der Waals surface area contributed by atoms with E-state index in [1.807, 2.05) is 42.1 Å². The maximum absolute atomic E-state index is 11.5. The van der Waals surface area contributed by atoms with Crippen molar-refractivity contribution in [3.05, 3.63) is 36.0 Å². The molecule has 19 heavy (non-hydrogen) atoms. The molecule has 0 saturated heterocycles. The Hall–Kier alpha value is -2.30. The first kappa shape index (κ1) is 13.1. The van der Waals surface area contributed by atoms with Gasteiger partial charge in [-0.1, -0.05) is 18.2 Å². The summed E-state index contributed by atoms with van der Waals surface area (Å²) >= 11 is 0. The van der Waals surface area contributed by atoms with Crippen molar-refractivity contribution in [1.82, 2.24) is 9.88 Å². The van der Waals surface area contributed by atoms with Crippen LogP contribution in [0.5, 0.6) is 0 Å². The fraction of sp³-hybridized carbons (Fsp3) is 0.286. The monoisotopic (exact) mass is 260 g/mol. The fourth-order valence-electron chi connectivity index (χ4n) is 2.07. The molecule has 2 N–H and O–H groups in total. The van der Waals surface area contributed by atoms with Gasteiger partial charge in [-0.25, -0.2) is 0 Å². The molecule has 100 valence electrons. The van der Waals surface area contributed by atoms with Gasteiger partial charge in [0, 0.05) is 37.1 Å². The van der Waals surface area contributed by atoms with Gasteiger partial charge in [-0.2, -0.15) is 0 Å². The summed E-state index contributed by atoms with van der Waals surface area (Å²) in [6.45, 7) is 0.416. The smallest absolute Gasteiger partial charge is 0.303 e. The van der Waals surface area contributed by atoms with E-state index in [1.165, 1.54) is 0 Å². The molecular formula is C14H16N2O3. The summed E-state index contributed by atoms with van der Waals surface area (Å²) in [6, 6.07) is 7.95. The van der Waals surface area contributed by atoms with E-state index in [1.54, 1.807) is 0 Å². The molecule has 0 spiro atoms. The van der Waals surface area contributed by atoms with Gasteiger partial charge in [0.1, 0.15) is 0 Å². The van der Waals surface area contributed by atoms with E-state index >= 15 is 0 Å². The topological polar surface area (TPSA) is 71.3 Å². The van der Waals surface area contributed by atoms with Gasteiger partial charge in [-0.15, -0.1) is 0 Å². The van der Waals surface area contributed by atoms with E-state index in [4.69, 9.17) is 5.11 Å². The van der Waals surface area contributed by atoms with Crippen LogP contribution < -0.4 is 5.32 Å². The second-order valence-electron chi connectivity index (χ2n) is 4.45. The molecule has 0 saturated carbocycles. The molecule has 2 aromatic rings. The summed E-state index contributed by atoms with van der Waals surface area (Å²) in [5.74, 6) is -1.20. The van der Waals surface area contributed by atoms with Crippen molar-refractivity contribution in [3.63, 3.8) is 0 Å². The normalized spacial score (nSPS) is 10.6. The number of carboxylic acids is 1. The van der Waals surface area contributed by atoms with Crippen LogP contribution >= 0.6 is 0 Å². The summed E-state index contributed by atoms with van der Waals surface area (Å²) in [4.78, 5) is 21.9. The summed E-state index contributed by atoms with van der Waals surface area (Å²) in [5, 5.41) is 12.4. The molecule has 5 heteroatoms. The van der Waals surface area contributed by atoms with Gasteiger partial charge in [0.05, 0.1) is 6.42 Å². The number of nitrogens with one attached hydrogen (secondary N) is 1. The van der Waals surface area contributed by atoms with Crippen LogP contribution in [0.1, 0.15) is 18.4 Å². The third kappa shape index (κ3) is 3.13. The highest BCUT2D eigenvalue weighted by molar-refractivity contribution is 5.85. The van der Waals surface area contributed by atoms with E-state index in [-0.39, 0.29) is 18.7 Å². The molecule has 0 radical (unpaired) electrons. The Labute approximate surface area is 110 Å². The third-order valence-electron chi connectivity index (χ3n) is 3.02. The molecule has 0 aliphatic rings. The second kappa shape index (κ2) is 5.56. The van der Waals surface area contributed by atoms with E-state index in [9.17, 15) is 9.59 Å². The van der Waals surface area contributed by atoms with Gasteiger partial charge in [0.25, 0.3) is 0 Å². The first-order chi connectivity index (χ1) is 9.08. The molecule has 5 nitrogen and oxygen atoms in total. The van der Waals surface area contributed by atoms with Crippen LogP contribution in [0.4, 0.5) is 0 Å². The highest BCUT2D eigenvalue weighted by Gasteiger charge is 2.08. The molecule has 1 heterocycles. The third-order valence-corrected chi connectivity index (χ3v) is 3.02. The number of carbonyl (C=O) groups is 2. The van der Waals surface area contributed by atoms with E-state index in [0.29, 0.717) is 6.54 Å². The Balaban J connectivity index is 2.02. The summed E-state index contributed by atoms with van der Waals surface area (Å²) in [5.41, 5.74) is 2.14. The summed E-state index contributed by atoms with van der Waals surface area (Å²) in [6.07, 6.45) is 1.85. The van der Waals surface area contributed by atoms with Gasteiger partial charge in [0.15, 0.2) is 0 Å². The number of rotatable bonds is 5. The number of hydrogen-bond acceptors (Lipinski definition) is 2. The van der Waals surface area contributed by atoms with Crippen molar-refractivity contribution in [3.8, 4) is 0 Å². The van der Waals surface area contributed by atoms with Crippen molar-refractivity contribution < 1.29 is 14.7 Å². The number of carboxylic acid groups (broad SMARTS) is 1. The predicted molar refractivity (Wildman–Crippen MR) is 71.6 cm³/mol. The van der Waals surface area contributed by atoms with Crippen molar-refractivity contribution in [2.45, 2.75) is 19.4 Å². The minimum absolute atomic E-state index is 0.0140. The maximum atomic E-state index is 11.5. The molecule has 1 aromatic carbocycles. The van der Waals surface area contributed by atoms with Crippen molar-refractivity contribution >= 4 is 22.8 Å². The van der Waals surface area contributed by atoms with Crippen LogP contribution in [-0.4, -0.2) is 21.6 Å². The highest BCUT2D eigenvalue weighted by atomic mass is 16.4. The van der Waals surface area contributed by atoms with Gasteiger partial charge < -0.3 is 15.0 Å². The minimum Gasteiger partial charge on any atom is -0.481 e. The Morgan fingerprint density at radius 2 is 2.00 bits per heavy atom. The molecule has 1 aromatic heterocycles. The van der Waals surface area contributed by atoms with Gasteiger partial charge in [-0.05, 0) is 11.6 Å². The second-order valence-corrected chi connectivity index (χ2v) is 4.45. The zero-order valence-corrected chi connectivity index (χ0v) is 10.7. The molecule has 2 rings (SSSR count). The first-order valence-corrected chi connectivity index (χ1v) is 6.09. The average molecular weight is 260 g/mol. The molecular weight excluding hydrogens is 244 g/mol. The summed E-state index contributed by atoms with van der Waals surface area (Å²) in [7, 11) is 1.96. The lowest BCUT2D eigenvalue weighted by Gasteiger charge is -2.03. The number of aryl methyl sites for hydroxylation is 1. The molecule has 0 bridgehead atoms. The number of para-hydroxylation sites is 1. The van der Waals surface area contributed by atoms with Crippen LogP contribution in [-0.2, 0) is 23.2 Å². The van der Waals surface area contributed by atoms with Crippen molar-refractivity contribution in [1.29, 1.82) is 0 Å². The quantitative estimate of drug-likeness (QED) is 0.858. The number of hydrogen-bond donors (Lipinski definition) is 2. The molecule has 0 unspecified atom stereocenters. The SMILES string of the molecule is Cn1cc(CNC(=O)CCC(=O)O)c2ccccc21. The van der Waals surface area contributed by atoms with Crippen LogP contribution in [0.2, 0.25) is 0 Å². The van der Waals surface area contributed by atoms with E-state index in [0.717, 1.165) is 16.5 Å². The zero-order chi connectivity index (χ0) is 13.8. The standard InChI is InChI=1S/C14H16N2O3/c1-16-9-10(11-4-2-3-5-12(11)16)8-15-13(17)6-7-14(18)19/h2-5,9H,6-8H2,1H3,(H,15,17)(H,18,19). The number of aliphatic carboxylic acids is 1. The van der Waals surface area contributed by atoms with Crippen LogP contribution in [0, 0.1) is 0 Å². The Morgan fingerprint density at radius 1 is 1.26 bits per heavy atom. The van der Waals surface area contributed by atoms with Gasteiger partial charge in [0.2, 0.25) is 5.91 Å². The van der Waals surface area contributed by atoms with Gasteiger partial charge in [-0.3, -0.25) is 9.59 Å². The first-order valence-electron chi connectivity index (χ1n) is 6.09. The fourth-order valence-corrected chi connectivity index (χ4v) is 2.07. The van der Waals surface area contributed by atoms with E-state index in [2.05, 4.69) is 5.32 Å². The average Bonchev–Trinajstić information content (AvgIpc) is 2.71. The van der Waals surface area contributed by atoms with Crippen LogP contribution in [0.15, 0.2) is 30.5 Å². The minimum atomic E-state index is -0.958. The number of aromatic nitrogens is 1. The molecule has 0 fully saturated rings. The highest BCUT2D eigenvalue weighted by Crippen LogP contribution is 2.19. The number of nitrogens with zero attached hydrogens (tertiary/aromatic N) is 1. The molecule has 1 amide bonds. The Bertz CT molecular complexity index is 616. The Kier molecular flexibility index (Phi) is 3.85. The lowest BCUT2D eigenvalue weighted by atomic mass is 10.2. The number of benzene rings is 1. The maximum Gasteiger partial charge on any atom is 0.303 e. The number of carbonyl (C=O) groups excluding carboxylic acids is 1. The van der Waals surface area contributed by atoms with Gasteiger partial charge >= 0.3 is 5.97 Å². The lowest BCUT2D eigenvalue weighted by Crippen LogP contribution is -2.23. The lowest BCUT2D eigenvalue weighted by molar-refractivity contribution is -0.138.